The molecule has 0 aliphatic rings. The van der Waals surface area contributed by atoms with Gasteiger partial charge in [0.15, 0.2) is 0 Å². The number of likely N-dealkylation sites (N-methyl/N-ethyl adjacent to an activating group) is 1. The summed E-state index contributed by atoms with van der Waals surface area (Å²) in [4.78, 5) is 2.25. The summed E-state index contributed by atoms with van der Waals surface area (Å²) in [6, 6.07) is 4.71. The van der Waals surface area contributed by atoms with E-state index >= 15 is 0 Å². The van der Waals surface area contributed by atoms with Crippen molar-refractivity contribution in [2.45, 2.75) is 33.4 Å². The predicted octanol–water partition coefficient (Wildman–Crippen LogP) is 2.09. The quantitative estimate of drug-likeness (QED) is 0.851. The zero-order valence-electron chi connectivity index (χ0n) is 11.6. The summed E-state index contributed by atoms with van der Waals surface area (Å²) < 4.78 is 5.49. The maximum atomic E-state index is 5.68. The second-order valence-corrected chi connectivity index (χ2v) is 4.77. The molecule has 0 saturated carbocycles. The molecule has 1 aromatic carbocycles. The summed E-state index contributed by atoms with van der Waals surface area (Å²) in [7, 11) is 3.82. The number of hydrogen-bond acceptors (Lipinski definition) is 3. The zero-order valence-corrected chi connectivity index (χ0v) is 11.6. The van der Waals surface area contributed by atoms with E-state index in [1.54, 1.807) is 7.11 Å². The largest absolute Gasteiger partial charge is 0.496 e. The number of aryl methyl sites for hydroxylation is 2. The van der Waals surface area contributed by atoms with Crippen LogP contribution in [0, 0.1) is 13.8 Å². The molecule has 0 saturated heterocycles. The summed E-state index contributed by atoms with van der Waals surface area (Å²) in [6.07, 6.45) is 0. The molecule has 2 N–H and O–H groups in total. The van der Waals surface area contributed by atoms with Crippen molar-refractivity contribution in [2.24, 2.45) is 5.73 Å². The lowest BCUT2D eigenvalue weighted by Gasteiger charge is -2.25. The summed E-state index contributed by atoms with van der Waals surface area (Å²) in [5.41, 5.74) is 9.37. The molecule has 0 aliphatic heterocycles. The van der Waals surface area contributed by atoms with E-state index in [0.29, 0.717) is 12.6 Å². The average molecular weight is 236 g/mol. The molecular formula is C14H24N2O. The van der Waals surface area contributed by atoms with E-state index in [1.165, 1.54) is 16.7 Å². The Kier molecular flexibility index (Phi) is 4.97. The molecule has 0 amide bonds. The summed E-state index contributed by atoms with van der Waals surface area (Å²) in [5.74, 6) is 0.992. The summed E-state index contributed by atoms with van der Waals surface area (Å²) in [6.45, 7) is 7.87. The van der Waals surface area contributed by atoms with Crippen LogP contribution in [0.15, 0.2) is 12.1 Å². The Morgan fingerprint density at radius 2 is 2.00 bits per heavy atom. The maximum absolute atomic E-state index is 5.68. The number of nitrogens with zero attached hydrogens (tertiary/aromatic N) is 1. The highest BCUT2D eigenvalue weighted by molar-refractivity contribution is 5.43. The number of nitrogens with two attached hydrogens (primary N) is 1. The molecule has 0 bridgehead atoms. The molecule has 1 atom stereocenters. The summed E-state index contributed by atoms with van der Waals surface area (Å²) in [5, 5.41) is 0. The van der Waals surface area contributed by atoms with E-state index < -0.39 is 0 Å². The van der Waals surface area contributed by atoms with Gasteiger partial charge in [-0.2, -0.15) is 0 Å². The Balaban J connectivity index is 2.97. The van der Waals surface area contributed by atoms with Crippen LogP contribution in [0.25, 0.3) is 0 Å². The second kappa shape index (κ2) is 6.03. The van der Waals surface area contributed by atoms with Gasteiger partial charge in [-0.3, -0.25) is 4.90 Å². The van der Waals surface area contributed by atoms with Gasteiger partial charge in [0.05, 0.1) is 7.11 Å². The van der Waals surface area contributed by atoms with E-state index in [4.69, 9.17) is 10.5 Å². The smallest absolute Gasteiger partial charge is 0.126 e. The van der Waals surface area contributed by atoms with Crippen molar-refractivity contribution >= 4 is 0 Å². The van der Waals surface area contributed by atoms with Gasteiger partial charge in [0, 0.05) is 24.7 Å². The molecule has 3 heteroatoms. The van der Waals surface area contributed by atoms with Gasteiger partial charge in [-0.05, 0) is 33.4 Å². The highest BCUT2D eigenvalue weighted by Crippen LogP contribution is 2.26. The van der Waals surface area contributed by atoms with Gasteiger partial charge < -0.3 is 10.5 Å². The van der Waals surface area contributed by atoms with Crippen LogP contribution in [0.3, 0.4) is 0 Å². The third kappa shape index (κ3) is 3.45. The molecule has 1 unspecified atom stereocenters. The number of hydrogen-bond donors (Lipinski definition) is 1. The Bertz CT molecular complexity index is 377. The van der Waals surface area contributed by atoms with Gasteiger partial charge in [-0.15, -0.1) is 0 Å². The predicted molar refractivity (Wildman–Crippen MR) is 72.5 cm³/mol. The number of benzene rings is 1. The molecule has 0 heterocycles. The molecule has 0 spiro atoms. The average Bonchev–Trinajstić information content (AvgIpc) is 2.27. The van der Waals surface area contributed by atoms with Gasteiger partial charge in [0.25, 0.3) is 0 Å². The first-order chi connectivity index (χ1) is 7.99. The van der Waals surface area contributed by atoms with E-state index in [1.807, 2.05) is 0 Å². The van der Waals surface area contributed by atoms with Crippen molar-refractivity contribution in [2.75, 3.05) is 20.7 Å². The number of rotatable bonds is 5. The normalized spacial score (nSPS) is 12.9. The van der Waals surface area contributed by atoms with Crippen molar-refractivity contribution in [3.63, 3.8) is 0 Å². The van der Waals surface area contributed by atoms with Crippen molar-refractivity contribution in [3.8, 4) is 5.75 Å². The monoisotopic (exact) mass is 236 g/mol. The van der Waals surface area contributed by atoms with Crippen LogP contribution in [0.1, 0.15) is 23.6 Å². The van der Waals surface area contributed by atoms with Gasteiger partial charge in [-0.1, -0.05) is 17.7 Å². The Morgan fingerprint density at radius 3 is 2.53 bits per heavy atom. The Hall–Kier alpha value is -1.06. The lowest BCUT2D eigenvalue weighted by Crippen LogP contribution is -2.34. The summed E-state index contributed by atoms with van der Waals surface area (Å²) >= 11 is 0. The van der Waals surface area contributed by atoms with Crippen LogP contribution in [-0.4, -0.2) is 31.6 Å². The minimum atomic E-state index is 0.375. The Morgan fingerprint density at radius 1 is 1.35 bits per heavy atom. The minimum absolute atomic E-state index is 0.375. The first-order valence-corrected chi connectivity index (χ1v) is 6.04. The molecule has 17 heavy (non-hydrogen) atoms. The fraction of sp³-hybridized carbons (Fsp3) is 0.571. The number of ether oxygens (including phenoxy) is 1. The van der Waals surface area contributed by atoms with E-state index in [-0.39, 0.29) is 0 Å². The van der Waals surface area contributed by atoms with Crippen molar-refractivity contribution < 1.29 is 4.74 Å². The van der Waals surface area contributed by atoms with Gasteiger partial charge in [-0.25, -0.2) is 0 Å². The lowest BCUT2D eigenvalue weighted by atomic mass is 10.0. The van der Waals surface area contributed by atoms with Crippen LogP contribution in [0.2, 0.25) is 0 Å². The second-order valence-electron chi connectivity index (χ2n) is 4.77. The van der Waals surface area contributed by atoms with Crippen LogP contribution < -0.4 is 10.5 Å². The van der Waals surface area contributed by atoms with E-state index in [0.717, 1.165) is 12.3 Å². The van der Waals surface area contributed by atoms with E-state index in [9.17, 15) is 0 Å². The fourth-order valence-electron chi connectivity index (χ4n) is 2.06. The van der Waals surface area contributed by atoms with Crippen molar-refractivity contribution in [3.05, 3.63) is 28.8 Å². The molecule has 1 aromatic rings. The highest BCUT2D eigenvalue weighted by Gasteiger charge is 2.12. The van der Waals surface area contributed by atoms with Crippen molar-refractivity contribution in [1.82, 2.24) is 4.90 Å². The molecule has 3 nitrogen and oxygen atoms in total. The molecule has 0 fully saturated rings. The van der Waals surface area contributed by atoms with Crippen LogP contribution in [-0.2, 0) is 6.54 Å². The van der Waals surface area contributed by atoms with Gasteiger partial charge in [0.2, 0.25) is 0 Å². The molecule has 0 aromatic heterocycles. The van der Waals surface area contributed by atoms with Crippen LogP contribution in [0.5, 0.6) is 5.75 Å². The maximum Gasteiger partial charge on any atom is 0.126 e. The zero-order chi connectivity index (χ0) is 13.0. The lowest BCUT2D eigenvalue weighted by molar-refractivity contribution is 0.250. The first kappa shape index (κ1) is 14.0. The van der Waals surface area contributed by atoms with Crippen molar-refractivity contribution in [1.29, 1.82) is 0 Å². The van der Waals surface area contributed by atoms with E-state index in [2.05, 4.69) is 44.9 Å². The number of methoxy groups -OCH3 is 1. The molecule has 0 radical (unpaired) electrons. The van der Waals surface area contributed by atoms with Crippen LogP contribution in [0.4, 0.5) is 0 Å². The SMILES string of the molecule is COc1c(C)cc(C)cc1CN(C)C(C)CN. The molecule has 0 aliphatic carbocycles. The third-order valence-corrected chi connectivity index (χ3v) is 3.21. The molecule has 1 rings (SSSR count). The molecule has 96 valence electrons. The third-order valence-electron chi connectivity index (χ3n) is 3.21. The van der Waals surface area contributed by atoms with Gasteiger partial charge in [0.1, 0.15) is 5.75 Å². The fourth-order valence-corrected chi connectivity index (χ4v) is 2.06. The van der Waals surface area contributed by atoms with Crippen LogP contribution >= 0.6 is 0 Å². The first-order valence-electron chi connectivity index (χ1n) is 6.04. The Labute approximate surface area is 105 Å². The standard InChI is InChI=1S/C14H24N2O/c1-10-6-11(2)14(17-5)13(7-10)9-16(4)12(3)8-15/h6-7,12H,8-9,15H2,1-5H3. The topological polar surface area (TPSA) is 38.5 Å². The molecular weight excluding hydrogens is 212 g/mol. The van der Waals surface area contributed by atoms with Gasteiger partial charge >= 0.3 is 0 Å². The highest BCUT2D eigenvalue weighted by atomic mass is 16.5. The minimum Gasteiger partial charge on any atom is -0.496 e.